The zero-order valence-electron chi connectivity index (χ0n) is 14.6. The number of likely N-dealkylation sites (tertiary alicyclic amines) is 1. The molecule has 0 aliphatic carbocycles. The van der Waals surface area contributed by atoms with E-state index >= 15 is 0 Å². The average Bonchev–Trinajstić information content (AvgIpc) is 2.61. The van der Waals surface area contributed by atoms with Crippen LogP contribution in [-0.4, -0.2) is 28.8 Å². The zero-order chi connectivity index (χ0) is 18.7. The van der Waals surface area contributed by atoms with Crippen LogP contribution in [0.15, 0.2) is 42.5 Å². The van der Waals surface area contributed by atoms with Gasteiger partial charge in [-0.2, -0.15) is 13.2 Å². The molecule has 0 saturated carbocycles. The first kappa shape index (κ1) is 18.6. The minimum atomic E-state index is -4.38. The fourth-order valence-corrected chi connectivity index (χ4v) is 3.39. The fourth-order valence-electron chi connectivity index (χ4n) is 3.39. The molecule has 0 spiro atoms. The van der Waals surface area contributed by atoms with Crippen LogP contribution in [-0.2, 0) is 12.7 Å². The number of carbonyl (C=O) groups is 1. The third kappa shape index (κ3) is 4.49. The van der Waals surface area contributed by atoms with E-state index in [2.05, 4.69) is 9.88 Å². The molecule has 3 rings (SSSR count). The zero-order valence-corrected chi connectivity index (χ0v) is 14.6. The van der Waals surface area contributed by atoms with Gasteiger partial charge in [-0.05, 0) is 50.6 Å². The molecule has 1 unspecified atom stereocenters. The number of hydrogen-bond acceptors (Lipinski definition) is 3. The predicted molar refractivity (Wildman–Crippen MR) is 92.7 cm³/mol. The molecule has 2 heterocycles. The molecule has 2 aromatic rings. The Labute approximate surface area is 150 Å². The second-order valence-electron chi connectivity index (χ2n) is 6.78. The number of aryl methyl sites for hydroxylation is 1. The number of piperidine rings is 1. The Bertz CT molecular complexity index is 771. The van der Waals surface area contributed by atoms with Crippen molar-refractivity contribution in [3.8, 4) is 0 Å². The Kier molecular flexibility index (Phi) is 5.41. The van der Waals surface area contributed by atoms with E-state index in [0.29, 0.717) is 18.7 Å². The lowest BCUT2D eigenvalue weighted by Gasteiger charge is -2.31. The summed E-state index contributed by atoms with van der Waals surface area (Å²) in [7, 11) is 0. The molecule has 1 aliphatic rings. The van der Waals surface area contributed by atoms with Gasteiger partial charge in [-0.3, -0.25) is 14.7 Å². The van der Waals surface area contributed by atoms with Gasteiger partial charge < -0.3 is 0 Å². The number of alkyl halides is 3. The normalized spacial score (nSPS) is 18.7. The van der Waals surface area contributed by atoms with Crippen LogP contribution >= 0.6 is 0 Å². The maximum Gasteiger partial charge on any atom is 0.416 e. The molecule has 0 N–H and O–H groups in total. The summed E-state index contributed by atoms with van der Waals surface area (Å²) in [4.78, 5) is 19.4. The van der Waals surface area contributed by atoms with Crippen molar-refractivity contribution in [2.45, 2.75) is 32.5 Å². The van der Waals surface area contributed by atoms with Crippen LogP contribution in [0.1, 0.15) is 40.2 Å². The summed E-state index contributed by atoms with van der Waals surface area (Å²) in [6.45, 7) is 4.12. The lowest BCUT2D eigenvalue weighted by Crippen LogP contribution is -2.38. The number of carbonyl (C=O) groups excluding carboxylic acids is 1. The Morgan fingerprint density at radius 1 is 1.19 bits per heavy atom. The number of nitrogens with zero attached hydrogens (tertiary/aromatic N) is 2. The highest BCUT2D eigenvalue weighted by molar-refractivity contribution is 5.98. The van der Waals surface area contributed by atoms with Crippen LogP contribution in [0.4, 0.5) is 13.2 Å². The van der Waals surface area contributed by atoms with Gasteiger partial charge in [0.25, 0.3) is 0 Å². The SMILES string of the molecule is Cc1cccc(CN2CCCC(C(=O)c3ccc(C(F)(F)F)cc3)C2)n1. The molecule has 1 fully saturated rings. The van der Waals surface area contributed by atoms with E-state index in [1.165, 1.54) is 12.1 Å². The summed E-state index contributed by atoms with van der Waals surface area (Å²) in [6.07, 6.45) is -2.73. The van der Waals surface area contributed by atoms with Crippen LogP contribution in [0, 0.1) is 12.8 Å². The van der Waals surface area contributed by atoms with E-state index < -0.39 is 11.7 Å². The van der Waals surface area contributed by atoms with Gasteiger partial charge in [0.05, 0.1) is 11.3 Å². The Hall–Kier alpha value is -2.21. The first-order chi connectivity index (χ1) is 12.3. The molecule has 138 valence electrons. The van der Waals surface area contributed by atoms with Crippen LogP contribution in [0.25, 0.3) is 0 Å². The van der Waals surface area contributed by atoms with E-state index in [4.69, 9.17) is 0 Å². The van der Waals surface area contributed by atoms with Crippen LogP contribution in [0.2, 0.25) is 0 Å². The predicted octanol–water partition coefficient (Wildman–Crippen LogP) is 4.50. The second kappa shape index (κ2) is 7.58. The van der Waals surface area contributed by atoms with Crippen molar-refractivity contribution in [1.29, 1.82) is 0 Å². The average molecular weight is 362 g/mol. The van der Waals surface area contributed by atoms with E-state index in [0.717, 1.165) is 42.9 Å². The minimum Gasteiger partial charge on any atom is -0.297 e. The van der Waals surface area contributed by atoms with Crippen LogP contribution < -0.4 is 0 Å². The van der Waals surface area contributed by atoms with Gasteiger partial charge in [0, 0.05) is 30.3 Å². The monoisotopic (exact) mass is 362 g/mol. The summed E-state index contributed by atoms with van der Waals surface area (Å²) in [5.41, 5.74) is 1.54. The molecule has 6 heteroatoms. The molecule has 0 radical (unpaired) electrons. The van der Waals surface area contributed by atoms with Crippen LogP contribution in [0.3, 0.4) is 0 Å². The number of benzene rings is 1. The molecule has 0 amide bonds. The van der Waals surface area contributed by atoms with E-state index in [-0.39, 0.29) is 11.7 Å². The van der Waals surface area contributed by atoms with Crippen molar-refractivity contribution in [3.05, 3.63) is 65.0 Å². The van der Waals surface area contributed by atoms with Crippen molar-refractivity contribution in [3.63, 3.8) is 0 Å². The van der Waals surface area contributed by atoms with Gasteiger partial charge in [-0.1, -0.05) is 18.2 Å². The fraction of sp³-hybridized carbons (Fsp3) is 0.400. The number of ketones is 1. The van der Waals surface area contributed by atoms with Gasteiger partial charge in [-0.25, -0.2) is 0 Å². The van der Waals surface area contributed by atoms with Crippen molar-refractivity contribution in [1.82, 2.24) is 9.88 Å². The first-order valence-electron chi connectivity index (χ1n) is 8.69. The topological polar surface area (TPSA) is 33.2 Å². The first-order valence-corrected chi connectivity index (χ1v) is 8.69. The largest absolute Gasteiger partial charge is 0.416 e. The number of pyridine rings is 1. The quantitative estimate of drug-likeness (QED) is 0.751. The molecule has 26 heavy (non-hydrogen) atoms. The minimum absolute atomic E-state index is 0.0828. The highest BCUT2D eigenvalue weighted by Crippen LogP contribution is 2.30. The summed E-state index contributed by atoms with van der Waals surface area (Å²) in [5.74, 6) is -0.272. The molecule has 1 atom stereocenters. The molecule has 0 bridgehead atoms. The van der Waals surface area contributed by atoms with Crippen molar-refractivity contribution in [2.75, 3.05) is 13.1 Å². The molecule has 1 saturated heterocycles. The molecule has 3 nitrogen and oxygen atoms in total. The molecular formula is C20H21F3N2O. The standard InChI is InChI=1S/C20H21F3N2O/c1-14-4-2-6-18(24-14)13-25-11-3-5-16(12-25)19(26)15-7-9-17(10-8-15)20(21,22)23/h2,4,6-10,16H,3,5,11-13H2,1H3. The van der Waals surface area contributed by atoms with Gasteiger partial charge in [0.1, 0.15) is 0 Å². The Morgan fingerprint density at radius 3 is 2.58 bits per heavy atom. The highest BCUT2D eigenvalue weighted by Gasteiger charge is 2.31. The maximum atomic E-state index is 12.7. The van der Waals surface area contributed by atoms with Gasteiger partial charge in [-0.15, -0.1) is 0 Å². The third-order valence-corrected chi connectivity index (χ3v) is 4.70. The molecule has 1 aromatic heterocycles. The lowest BCUT2D eigenvalue weighted by atomic mass is 9.89. The second-order valence-corrected chi connectivity index (χ2v) is 6.78. The molecule has 1 aromatic carbocycles. The Morgan fingerprint density at radius 2 is 1.92 bits per heavy atom. The van der Waals surface area contributed by atoms with Gasteiger partial charge in [0.2, 0.25) is 0 Å². The smallest absolute Gasteiger partial charge is 0.297 e. The van der Waals surface area contributed by atoms with Gasteiger partial charge in [0.15, 0.2) is 5.78 Å². The summed E-state index contributed by atoms with van der Waals surface area (Å²) in [6, 6.07) is 10.4. The Balaban J connectivity index is 1.66. The van der Waals surface area contributed by atoms with E-state index in [9.17, 15) is 18.0 Å². The summed E-state index contributed by atoms with van der Waals surface area (Å²) >= 11 is 0. The van der Waals surface area contributed by atoms with Crippen molar-refractivity contribution < 1.29 is 18.0 Å². The number of halogens is 3. The van der Waals surface area contributed by atoms with Crippen molar-refractivity contribution >= 4 is 5.78 Å². The van der Waals surface area contributed by atoms with Crippen LogP contribution in [0.5, 0.6) is 0 Å². The number of aromatic nitrogens is 1. The third-order valence-electron chi connectivity index (χ3n) is 4.70. The summed E-state index contributed by atoms with van der Waals surface area (Å²) < 4.78 is 38.0. The summed E-state index contributed by atoms with van der Waals surface area (Å²) in [5, 5.41) is 0. The van der Waals surface area contributed by atoms with Gasteiger partial charge >= 0.3 is 6.18 Å². The van der Waals surface area contributed by atoms with Crippen molar-refractivity contribution in [2.24, 2.45) is 5.92 Å². The highest BCUT2D eigenvalue weighted by atomic mass is 19.4. The number of hydrogen-bond donors (Lipinski definition) is 0. The number of rotatable bonds is 4. The van der Waals surface area contributed by atoms with E-state index in [1.807, 2.05) is 25.1 Å². The lowest BCUT2D eigenvalue weighted by molar-refractivity contribution is -0.137. The molecular weight excluding hydrogens is 341 g/mol. The maximum absolute atomic E-state index is 12.7. The molecule has 1 aliphatic heterocycles. The number of Topliss-reactive ketones (excluding diaryl/α,β-unsaturated/α-hetero) is 1. The van der Waals surface area contributed by atoms with E-state index in [1.54, 1.807) is 0 Å².